The van der Waals surface area contributed by atoms with Crippen LogP contribution in [0.5, 0.6) is 17.2 Å². The number of nitrogens with zero attached hydrogens (tertiary/aromatic N) is 1. The van der Waals surface area contributed by atoms with Crippen molar-refractivity contribution < 1.29 is 32.2 Å². The summed E-state index contributed by atoms with van der Waals surface area (Å²) in [5.74, 6) is -0.263. The van der Waals surface area contributed by atoms with Gasteiger partial charge in [0.05, 0.1) is 23.1 Å². The second-order valence-electron chi connectivity index (χ2n) is 7.49. The molecule has 1 heterocycles. The third-order valence-corrected chi connectivity index (χ3v) is 4.71. The van der Waals surface area contributed by atoms with Crippen molar-refractivity contribution in [2.24, 2.45) is 0 Å². The molecule has 3 rings (SSSR count). The zero-order chi connectivity index (χ0) is 24.7. The van der Waals surface area contributed by atoms with Crippen LogP contribution in [0.4, 0.5) is 18.9 Å². The van der Waals surface area contributed by atoms with Gasteiger partial charge in [0, 0.05) is 24.4 Å². The van der Waals surface area contributed by atoms with E-state index in [0.717, 1.165) is 18.2 Å². The average molecular weight is 474 g/mol. The lowest BCUT2D eigenvalue weighted by molar-refractivity contribution is -0.274. The van der Waals surface area contributed by atoms with Crippen molar-refractivity contribution in [1.29, 1.82) is 0 Å². The second-order valence-corrected chi connectivity index (χ2v) is 7.49. The molecule has 6 nitrogen and oxygen atoms in total. The molecule has 1 N–H and O–H groups in total. The van der Waals surface area contributed by atoms with Crippen LogP contribution in [-0.4, -0.2) is 23.9 Å². The van der Waals surface area contributed by atoms with Gasteiger partial charge in [-0.1, -0.05) is 19.1 Å². The highest BCUT2D eigenvalue weighted by Crippen LogP contribution is 2.30. The van der Waals surface area contributed by atoms with Crippen LogP contribution in [0.3, 0.4) is 0 Å². The third kappa shape index (κ3) is 7.21. The summed E-state index contributed by atoms with van der Waals surface area (Å²) in [5.41, 5.74) is 2.17. The van der Waals surface area contributed by atoms with Crippen LogP contribution in [0.1, 0.15) is 48.1 Å². The highest BCUT2D eigenvalue weighted by molar-refractivity contribution is 6.05. The van der Waals surface area contributed by atoms with Crippen LogP contribution >= 0.6 is 0 Å². The number of hydrogen-bond acceptors (Lipinski definition) is 5. The number of amides is 1. The smallest absolute Gasteiger partial charge is 0.457 e. The fourth-order valence-electron chi connectivity index (χ4n) is 3.13. The highest BCUT2D eigenvalue weighted by atomic mass is 19.4. The molecule has 1 unspecified atom stereocenters. The Balaban J connectivity index is 1.69. The molecule has 3 aromatic rings. The number of carbonyl (C=O) groups excluding carboxylic acids is 1. The van der Waals surface area contributed by atoms with Crippen LogP contribution in [-0.2, 0) is 4.74 Å². The molecule has 180 valence electrons. The largest absolute Gasteiger partial charge is 0.573 e. The maximum atomic E-state index is 12.8. The van der Waals surface area contributed by atoms with Crippen molar-refractivity contribution in [2.75, 3.05) is 11.9 Å². The lowest BCUT2D eigenvalue weighted by atomic mass is 10.1. The number of ether oxygens (including phenoxy) is 3. The maximum Gasteiger partial charge on any atom is 0.573 e. The topological polar surface area (TPSA) is 69.7 Å². The van der Waals surface area contributed by atoms with Crippen LogP contribution < -0.4 is 14.8 Å². The normalized spacial score (nSPS) is 12.2. The Morgan fingerprint density at radius 3 is 2.38 bits per heavy atom. The number of nitrogens with one attached hydrogen (secondary N) is 1. The Hall–Kier alpha value is -3.59. The zero-order valence-corrected chi connectivity index (χ0v) is 19.0. The Bertz CT molecular complexity index is 1140. The Morgan fingerprint density at radius 1 is 1.03 bits per heavy atom. The molecule has 0 fully saturated rings. The lowest BCUT2D eigenvalue weighted by Gasteiger charge is -2.14. The number of benzene rings is 2. The first-order valence-corrected chi connectivity index (χ1v) is 10.7. The minimum absolute atomic E-state index is 0.153. The van der Waals surface area contributed by atoms with Crippen molar-refractivity contribution in [2.45, 2.75) is 39.7 Å². The molecule has 0 spiro atoms. The summed E-state index contributed by atoms with van der Waals surface area (Å²) in [6, 6.07) is 15.2. The standard InChI is InChI=1S/C25H25F3N2O4/c1-4-13-32-17(3)23-12-11-22(16(2)29-23)24(31)30-18-7-5-8-19(14-18)33-20-9-6-10-21(15-20)34-25(26,27)28/h5-12,14-15,17H,4,13H2,1-3H3,(H,30,31). The lowest BCUT2D eigenvalue weighted by Crippen LogP contribution is -2.17. The molecule has 0 aliphatic heterocycles. The number of hydrogen-bond donors (Lipinski definition) is 1. The van der Waals surface area contributed by atoms with Gasteiger partial charge in [0.25, 0.3) is 5.91 Å². The van der Waals surface area contributed by atoms with E-state index < -0.39 is 12.1 Å². The molecule has 2 aromatic carbocycles. The number of aryl methyl sites for hydroxylation is 1. The fraction of sp³-hybridized carbons (Fsp3) is 0.280. The minimum Gasteiger partial charge on any atom is -0.457 e. The number of alkyl halides is 3. The van der Waals surface area contributed by atoms with E-state index >= 15 is 0 Å². The number of carbonyl (C=O) groups is 1. The molecule has 1 aromatic heterocycles. The third-order valence-electron chi connectivity index (χ3n) is 4.71. The molecule has 0 radical (unpaired) electrons. The molecule has 0 saturated carbocycles. The van der Waals surface area contributed by atoms with E-state index in [1.165, 1.54) is 18.2 Å². The Kier molecular flexibility index (Phi) is 8.12. The molecule has 34 heavy (non-hydrogen) atoms. The fourth-order valence-corrected chi connectivity index (χ4v) is 3.13. The van der Waals surface area contributed by atoms with Gasteiger partial charge in [0.15, 0.2) is 0 Å². The number of rotatable bonds is 9. The molecular weight excluding hydrogens is 449 g/mol. The second kappa shape index (κ2) is 11.0. The van der Waals surface area contributed by atoms with Gasteiger partial charge in [-0.15, -0.1) is 13.2 Å². The zero-order valence-electron chi connectivity index (χ0n) is 19.0. The van der Waals surface area contributed by atoms with Crippen molar-refractivity contribution >= 4 is 11.6 Å². The minimum atomic E-state index is -4.80. The summed E-state index contributed by atoms with van der Waals surface area (Å²) < 4.78 is 52.5. The summed E-state index contributed by atoms with van der Waals surface area (Å²) >= 11 is 0. The van der Waals surface area contributed by atoms with Crippen molar-refractivity contribution in [3.8, 4) is 17.2 Å². The van der Waals surface area contributed by atoms with Gasteiger partial charge in [-0.3, -0.25) is 9.78 Å². The first-order chi connectivity index (χ1) is 16.1. The number of anilines is 1. The Labute approximate surface area is 195 Å². The van der Waals surface area contributed by atoms with E-state index in [4.69, 9.17) is 9.47 Å². The van der Waals surface area contributed by atoms with Crippen LogP contribution in [0.25, 0.3) is 0 Å². The van der Waals surface area contributed by atoms with Gasteiger partial charge in [-0.2, -0.15) is 0 Å². The van der Waals surface area contributed by atoms with Crippen LogP contribution in [0.15, 0.2) is 60.7 Å². The van der Waals surface area contributed by atoms with Crippen LogP contribution in [0.2, 0.25) is 0 Å². The summed E-state index contributed by atoms with van der Waals surface area (Å²) in [6.45, 7) is 6.31. The summed E-state index contributed by atoms with van der Waals surface area (Å²) in [6.07, 6.45) is -4.07. The van der Waals surface area contributed by atoms with E-state index in [-0.39, 0.29) is 17.8 Å². The number of pyridine rings is 1. The Morgan fingerprint density at radius 2 is 1.71 bits per heavy atom. The van der Waals surface area contributed by atoms with Gasteiger partial charge in [-0.05, 0) is 56.7 Å². The SMILES string of the molecule is CCCOC(C)c1ccc(C(=O)Nc2cccc(Oc3cccc(OC(F)(F)F)c3)c2)c(C)n1. The van der Waals surface area contributed by atoms with Gasteiger partial charge < -0.3 is 19.5 Å². The quantitative estimate of drug-likeness (QED) is 0.368. The van der Waals surface area contributed by atoms with Gasteiger partial charge >= 0.3 is 6.36 Å². The number of halogens is 3. The maximum absolute atomic E-state index is 12.8. The first kappa shape index (κ1) is 25.0. The molecule has 0 bridgehead atoms. The van der Waals surface area contributed by atoms with Gasteiger partial charge in [-0.25, -0.2) is 0 Å². The highest BCUT2D eigenvalue weighted by Gasteiger charge is 2.31. The monoisotopic (exact) mass is 474 g/mol. The molecule has 1 atom stereocenters. The molecule has 0 saturated heterocycles. The molecular formula is C25H25F3N2O4. The summed E-state index contributed by atoms with van der Waals surface area (Å²) in [5, 5.41) is 2.79. The first-order valence-electron chi connectivity index (χ1n) is 10.7. The summed E-state index contributed by atoms with van der Waals surface area (Å²) in [7, 11) is 0. The van der Waals surface area contributed by atoms with Crippen molar-refractivity contribution in [3.05, 3.63) is 77.6 Å². The predicted octanol–water partition coefficient (Wildman–Crippen LogP) is 6.82. The molecule has 1 amide bonds. The van der Waals surface area contributed by atoms with E-state index in [2.05, 4.69) is 15.0 Å². The predicted molar refractivity (Wildman–Crippen MR) is 121 cm³/mol. The summed E-state index contributed by atoms with van der Waals surface area (Å²) in [4.78, 5) is 17.3. The van der Waals surface area contributed by atoms with E-state index in [1.54, 1.807) is 43.3 Å². The van der Waals surface area contributed by atoms with Crippen molar-refractivity contribution in [1.82, 2.24) is 4.98 Å². The molecule has 0 aliphatic carbocycles. The van der Waals surface area contributed by atoms with Gasteiger partial charge in [0.2, 0.25) is 0 Å². The van der Waals surface area contributed by atoms with E-state index in [1.807, 2.05) is 13.8 Å². The van der Waals surface area contributed by atoms with E-state index in [0.29, 0.717) is 29.3 Å². The van der Waals surface area contributed by atoms with Crippen LogP contribution in [0, 0.1) is 6.92 Å². The average Bonchev–Trinajstić information content (AvgIpc) is 2.76. The van der Waals surface area contributed by atoms with Crippen molar-refractivity contribution in [3.63, 3.8) is 0 Å². The molecule has 9 heteroatoms. The van der Waals surface area contributed by atoms with E-state index in [9.17, 15) is 18.0 Å². The van der Waals surface area contributed by atoms with Gasteiger partial charge in [0.1, 0.15) is 17.2 Å². The molecule has 0 aliphatic rings. The number of aromatic nitrogens is 1.